The first-order chi connectivity index (χ1) is 36.2. The van der Waals surface area contributed by atoms with Gasteiger partial charge < -0.3 is 20.4 Å². The van der Waals surface area contributed by atoms with Gasteiger partial charge in [-0.25, -0.2) is 66.2 Å². The summed E-state index contributed by atoms with van der Waals surface area (Å²) in [6.07, 6.45) is 12.9. The molecule has 0 aliphatic carbocycles. The monoisotopic (exact) mass is 1240 g/mol. The third kappa shape index (κ3) is 28.2. The van der Waals surface area contributed by atoms with Crippen LogP contribution < -0.4 is 0 Å². The highest BCUT2D eigenvalue weighted by Gasteiger charge is 2.18. The van der Waals surface area contributed by atoms with E-state index in [0.717, 1.165) is 28.3 Å². The zero-order chi connectivity index (χ0) is 55.6. The zero-order valence-electron chi connectivity index (χ0n) is 42.1. The number of aromatic nitrogens is 8. The van der Waals surface area contributed by atoms with E-state index in [1.165, 1.54) is 74.2 Å². The van der Waals surface area contributed by atoms with Gasteiger partial charge in [-0.1, -0.05) is 107 Å². The summed E-state index contributed by atoms with van der Waals surface area (Å²) in [5, 5.41) is 37.0. The fourth-order valence-corrected chi connectivity index (χ4v) is 7.00. The number of carbonyl (C=O) groups is 2. The molecule has 0 saturated heterocycles. The number of halogens is 6. The van der Waals surface area contributed by atoms with Crippen molar-refractivity contribution in [3.8, 4) is 45.6 Å². The molecule has 88 heavy (non-hydrogen) atoms. The van der Waals surface area contributed by atoms with Crippen molar-refractivity contribution in [2.75, 3.05) is 0 Å². The van der Waals surface area contributed by atoms with Crippen LogP contribution in [0, 0.1) is 48.8 Å². The first-order valence-electron chi connectivity index (χ1n) is 23.5. The highest BCUT2D eigenvalue weighted by Crippen LogP contribution is 2.26. The molecule has 14 nitrogen and oxygen atoms in total. The Labute approximate surface area is 522 Å². The van der Waals surface area contributed by atoms with Crippen molar-refractivity contribution in [2.45, 2.75) is 181 Å². The molecule has 4 heterocycles. The van der Waals surface area contributed by atoms with Crippen LogP contribution in [0.4, 0.5) is 26.3 Å². The quantitative estimate of drug-likeness (QED) is 0.0588. The van der Waals surface area contributed by atoms with E-state index in [1.807, 2.05) is 13.0 Å². The molecule has 4 atom stereocenters. The van der Waals surface area contributed by atoms with Crippen molar-refractivity contribution in [2.24, 2.45) is 0 Å². The fourth-order valence-electron chi connectivity index (χ4n) is 7.00. The van der Waals surface area contributed by atoms with Crippen LogP contribution in [-0.2, 0) is 25.7 Å². The van der Waals surface area contributed by atoms with Gasteiger partial charge in [0.15, 0.2) is 52.9 Å². The second-order valence-electron chi connectivity index (χ2n) is 17.7. The molecule has 0 aliphatic heterocycles. The number of carbonyl (C=O) groups excluding carboxylic acids is 2. The lowest BCUT2D eigenvalue weighted by Gasteiger charge is -2.07. The standard InChI is InChI=1S/C14H12F2N2O2.C14H14F2N2O.C14H13FN2O2.C14H15FN2O.12CH4/c1-8(20)4-9-5-17-14(18-6-9)11-3-2-10(7-19)12(15)13(11)16;1-8-3-4-11(13(16)12(8)15)14-17-6-10(7-18-14)5-9(2)19;1-9(19)4-11-6-16-14(17-7-11)12-3-2-10(8-18)5-13(12)15;1-9-3-4-12(13(15)5-9)14-16-7-11(8-17-14)6-10(2)18;;;;;;;;;;;;/h2-3,5-8,20H,4H2,1H3;3-4,6-7,9,19H,5H2,1-2H3;2-3,5-9,19H,4H2,1H3;3-5,7-8,10,18H,6H2,1-2H3;12*1H4. The summed E-state index contributed by atoms with van der Waals surface area (Å²) < 4.78 is 82.0. The molecule has 0 spiro atoms. The summed E-state index contributed by atoms with van der Waals surface area (Å²) >= 11 is 0. The molecule has 0 bridgehead atoms. The minimum atomic E-state index is -1.21. The highest BCUT2D eigenvalue weighted by atomic mass is 19.2. The van der Waals surface area contributed by atoms with Crippen LogP contribution in [0.25, 0.3) is 45.6 Å². The van der Waals surface area contributed by atoms with E-state index in [9.17, 15) is 56.4 Å². The van der Waals surface area contributed by atoms with Crippen LogP contribution >= 0.6 is 0 Å². The number of aliphatic hydroxyl groups is 4. The van der Waals surface area contributed by atoms with Crippen molar-refractivity contribution in [3.63, 3.8) is 0 Å². The Balaban J connectivity index is -0.000000155. The maximum atomic E-state index is 13.8. The van der Waals surface area contributed by atoms with Gasteiger partial charge in [-0.2, -0.15) is 0 Å². The van der Waals surface area contributed by atoms with Gasteiger partial charge in [0, 0.05) is 80.8 Å². The van der Waals surface area contributed by atoms with E-state index < -0.39 is 53.5 Å². The van der Waals surface area contributed by atoms with E-state index in [0.29, 0.717) is 48.9 Å². The SMILES string of the molecule is C.C.C.C.C.C.C.C.C.C.C.C.CC(O)Cc1cnc(-c2ccc(C=O)c(F)c2F)nc1.CC(O)Cc1cnc(-c2ccc(C=O)cc2F)nc1.Cc1ccc(-c2ncc(CC(C)O)cn2)c(F)c1.Cc1ccc(-c2ncc(CC(C)O)cn2)c(F)c1F. The normalized spacial score (nSPS) is 10.6. The summed E-state index contributed by atoms with van der Waals surface area (Å²) in [6, 6.07) is 14.5. The Morgan fingerprint density at radius 2 is 0.648 bits per heavy atom. The summed E-state index contributed by atoms with van der Waals surface area (Å²) in [7, 11) is 0. The van der Waals surface area contributed by atoms with Gasteiger partial charge in [-0.3, -0.25) is 9.59 Å². The second-order valence-corrected chi connectivity index (χ2v) is 17.7. The highest BCUT2D eigenvalue weighted by molar-refractivity contribution is 5.77. The summed E-state index contributed by atoms with van der Waals surface area (Å²) in [6.45, 7) is 9.98. The molecule has 0 saturated carbocycles. The Bertz CT molecular complexity index is 3190. The molecule has 0 fully saturated rings. The molecule has 0 aliphatic rings. The molecule has 492 valence electrons. The van der Waals surface area contributed by atoms with E-state index in [2.05, 4.69) is 39.9 Å². The maximum absolute atomic E-state index is 13.8. The summed E-state index contributed by atoms with van der Waals surface area (Å²) in [5.74, 6) is -4.28. The molecular weight excluding hydrogens is 1140 g/mol. The molecule has 4 N–H and O–H groups in total. The molecular formula is C68H102F6N8O6. The van der Waals surface area contributed by atoms with E-state index in [1.54, 1.807) is 58.5 Å². The molecule has 8 aromatic rings. The Hall–Kier alpha value is -8.04. The first kappa shape index (κ1) is 96.3. The second kappa shape index (κ2) is 46.2. The van der Waals surface area contributed by atoms with Gasteiger partial charge in [0.2, 0.25) is 0 Å². The third-order valence-electron chi connectivity index (χ3n) is 10.7. The van der Waals surface area contributed by atoms with E-state index >= 15 is 0 Å². The first-order valence-corrected chi connectivity index (χ1v) is 23.5. The Morgan fingerprint density at radius 3 is 0.943 bits per heavy atom. The van der Waals surface area contributed by atoms with Crippen LogP contribution in [0.5, 0.6) is 0 Å². The number of benzene rings is 4. The minimum Gasteiger partial charge on any atom is -0.393 e. The fraction of sp³-hybridized carbons (Fsp3) is 0.382. The number of rotatable bonds is 14. The number of aliphatic hydroxyl groups excluding tert-OH is 4. The minimum absolute atomic E-state index is 0. The lowest BCUT2D eigenvalue weighted by Crippen LogP contribution is -2.05. The average Bonchev–Trinajstić information content (AvgIpc) is 3.38. The summed E-state index contributed by atoms with van der Waals surface area (Å²) in [5.41, 5.74) is 4.63. The van der Waals surface area contributed by atoms with Gasteiger partial charge in [-0.05, 0) is 117 Å². The van der Waals surface area contributed by atoms with Crippen LogP contribution in [-0.4, -0.2) is 97.3 Å². The molecule has 0 amide bonds. The van der Waals surface area contributed by atoms with E-state index in [4.69, 9.17) is 0 Å². The molecule has 4 aromatic carbocycles. The van der Waals surface area contributed by atoms with Crippen molar-refractivity contribution in [1.29, 1.82) is 0 Å². The van der Waals surface area contributed by atoms with Gasteiger partial charge in [0.1, 0.15) is 17.9 Å². The van der Waals surface area contributed by atoms with Crippen molar-refractivity contribution in [3.05, 3.63) is 190 Å². The number of aldehydes is 2. The number of hydrogen-bond donors (Lipinski definition) is 4. The smallest absolute Gasteiger partial charge is 0.170 e. The van der Waals surface area contributed by atoms with Crippen molar-refractivity contribution in [1.82, 2.24) is 39.9 Å². The van der Waals surface area contributed by atoms with Crippen LogP contribution in [0.15, 0.2) is 110 Å². The van der Waals surface area contributed by atoms with Gasteiger partial charge in [0.05, 0.1) is 52.2 Å². The molecule has 4 aromatic heterocycles. The summed E-state index contributed by atoms with van der Waals surface area (Å²) in [4.78, 5) is 53.3. The topological polar surface area (TPSA) is 218 Å². The molecule has 4 unspecified atom stereocenters. The number of nitrogens with zero attached hydrogens (tertiary/aromatic N) is 8. The largest absolute Gasteiger partial charge is 0.393 e. The van der Waals surface area contributed by atoms with E-state index in [-0.39, 0.29) is 152 Å². The van der Waals surface area contributed by atoms with Crippen molar-refractivity contribution < 1.29 is 56.4 Å². The maximum Gasteiger partial charge on any atom is 0.170 e. The number of hydrogen-bond acceptors (Lipinski definition) is 14. The van der Waals surface area contributed by atoms with Crippen molar-refractivity contribution >= 4 is 12.6 Å². The lowest BCUT2D eigenvalue weighted by atomic mass is 10.1. The lowest BCUT2D eigenvalue weighted by molar-refractivity contribution is 0.111. The molecule has 0 radical (unpaired) electrons. The molecule has 20 heteroatoms. The predicted molar refractivity (Wildman–Crippen MR) is 352 cm³/mol. The van der Waals surface area contributed by atoms with Crippen LogP contribution in [0.3, 0.4) is 0 Å². The predicted octanol–water partition coefficient (Wildman–Crippen LogP) is 17.0. The number of aryl methyl sites for hydroxylation is 2. The zero-order valence-corrected chi connectivity index (χ0v) is 42.1. The van der Waals surface area contributed by atoms with Gasteiger partial charge in [0.25, 0.3) is 0 Å². The van der Waals surface area contributed by atoms with Gasteiger partial charge >= 0.3 is 0 Å². The molecule has 8 rings (SSSR count). The Kier molecular flexibility index (Phi) is 50.5. The van der Waals surface area contributed by atoms with Gasteiger partial charge in [-0.15, -0.1) is 0 Å². The van der Waals surface area contributed by atoms with Crippen LogP contribution in [0.2, 0.25) is 0 Å². The van der Waals surface area contributed by atoms with Crippen LogP contribution in [0.1, 0.15) is 171 Å². The Morgan fingerprint density at radius 1 is 0.364 bits per heavy atom. The third-order valence-corrected chi connectivity index (χ3v) is 10.7. The average molecular weight is 1240 g/mol.